The van der Waals surface area contributed by atoms with Crippen LogP contribution in [0.15, 0.2) is 18.2 Å². The minimum atomic E-state index is 0. The maximum atomic E-state index is 3.51. The number of para-hydroxylation sites is 1. The molecule has 1 aromatic carbocycles. The van der Waals surface area contributed by atoms with Crippen LogP contribution in [0.4, 0.5) is 0 Å². The van der Waals surface area contributed by atoms with Gasteiger partial charge in [0.25, 0.3) is 0 Å². The molecule has 2 aliphatic heterocycles. The minimum Gasteiger partial charge on any atom is -0.341 e. The molecule has 3 heterocycles. The van der Waals surface area contributed by atoms with E-state index in [4.69, 9.17) is 0 Å². The number of hydrogen-bond donors (Lipinski definition) is 1. The fourth-order valence-corrected chi connectivity index (χ4v) is 3.71. The maximum Gasteiger partial charge on any atom is 0.0521 e. The van der Waals surface area contributed by atoms with E-state index in [1.54, 1.807) is 16.8 Å². The van der Waals surface area contributed by atoms with E-state index in [9.17, 15) is 0 Å². The van der Waals surface area contributed by atoms with Crippen LogP contribution in [0.3, 0.4) is 0 Å². The van der Waals surface area contributed by atoms with Crippen molar-refractivity contribution >= 4 is 23.3 Å². The Bertz CT molecular complexity index is 600. The highest BCUT2D eigenvalue weighted by molar-refractivity contribution is 5.90. The molecule has 0 saturated heterocycles. The van der Waals surface area contributed by atoms with E-state index in [-0.39, 0.29) is 12.4 Å². The van der Waals surface area contributed by atoms with Crippen LogP contribution in [-0.2, 0) is 19.3 Å². The lowest BCUT2D eigenvalue weighted by Gasteiger charge is -2.12. The topological polar surface area (TPSA) is 17.0 Å². The van der Waals surface area contributed by atoms with Crippen molar-refractivity contribution in [1.29, 1.82) is 0 Å². The number of aromatic nitrogens is 1. The van der Waals surface area contributed by atoms with Crippen LogP contribution >= 0.6 is 12.4 Å². The molecule has 2 aromatic rings. The fourth-order valence-electron chi connectivity index (χ4n) is 3.71. The highest BCUT2D eigenvalue weighted by atomic mass is 35.5. The van der Waals surface area contributed by atoms with Crippen molar-refractivity contribution in [3.63, 3.8) is 0 Å². The van der Waals surface area contributed by atoms with E-state index in [1.165, 1.54) is 30.2 Å². The summed E-state index contributed by atoms with van der Waals surface area (Å²) in [6.45, 7) is 4.62. The third-order valence-electron chi connectivity index (χ3n) is 4.37. The van der Waals surface area contributed by atoms with Crippen molar-refractivity contribution in [3.8, 4) is 0 Å². The molecular weight excluding hydrogens is 244 g/mol. The number of nitrogens with zero attached hydrogens (tertiary/aromatic N) is 1. The van der Waals surface area contributed by atoms with Crippen LogP contribution < -0.4 is 5.32 Å². The predicted molar refractivity (Wildman–Crippen MR) is 77.9 cm³/mol. The van der Waals surface area contributed by atoms with E-state index < -0.39 is 0 Å². The molecule has 2 aliphatic rings. The van der Waals surface area contributed by atoms with Gasteiger partial charge in [-0.05, 0) is 37.4 Å². The van der Waals surface area contributed by atoms with Gasteiger partial charge in [-0.25, -0.2) is 0 Å². The first-order valence-corrected chi connectivity index (χ1v) is 6.70. The van der Waals surface area contributed by atoms with Gasteiger partial charge in [-0.3, -0.25) is 0 Å². The van der Waals surface area contributed by atoms with Crippen molar-refractivity contribution in [3.05, 3.63) is 35.0 Å². The summed E-state index contributed by atoms with van der Waals surface area (Å²) < 4.78 is 2.62. The zero-order valence-electron chi connectivity index (χ0n) is 10.7. The summed E-state index contributed by atoms with van der Waals surface area (Å²) in [5.74, 6) is 0. The Labute approximate surface area is 114 Å². The standard InChI is InChI=1S/C15H18N2.ClH/c1-10-9-11-3-2-4-13-12-5-7-16-8-6-14(12)17(10)15(11)13;/h2-4,10,16H,5-9H2,1H3;1H. The minimum absolute atomic E-state index is 0. The second kappa shape index (κ2) is 4.29. The SMILES string of the molecule is CC1Cc2cccc3c4c(n1c23)CCNCC4.Cl. The smallest absolute Gasteiger partial charge is 0.0521 e. The summed E-state index contributed by atoms with van der Waals surface area (Å²) in [4.78, 5) is 0. The van der Waals surface area contributed by atoms with E-state index in [0.29, 0.717) is 6.04 Å². The van der Waals surface area contributed by atoms with Gasteiger partial charge < -0.3 is 9.88 Å². The molecule has 1 atom stereocenters. The summed E-state index contributed by atoms with van der Waals surface area (Å²) in [6.07, 6.45) is 3.59. The van der Waals surface area contributed by atoms with Gasteiger partial charge in [0.2, 0.25) is 0 Å². The molecule has 3 heteroatoms. The fraction of sp³-hybridized carbons (Fsp3) is 0.467. The highest BCUT2D eigenvalue weighted by Gasteiger charge is 2.27. The van der Waals surface area contributed by atoms with Crippen molar-refractivity contribution in [1.82, 2.24) is 9.88 Å². The molecule has 0 amide bonds. The quantitative estimate of drug-likeness (QED) is 0.773. The lowest BCUT2D eigenvalue weighted by atomic mass is 10.0. The first-order valence-electron chi connectivity index (χ1n) is 6.70. The van der Waals surface area contributed by atoms with Crippen molar-refractivity contribution in [2.45, 2.75) is 32.2 Å². The summed E-state index contributed by atoms with van der Waals surface area (Å²) in [5.41, 5.74) is 6.30. The van der Waals surface area contributed by atoms with Crippen LogP contribution in [0.25, 0.3) is 10.9 Å². The summed E-state index contributed by atoms with van der Waals surface area (Å²) >= 11 is 0. The van der Waals surface area contributed by atoms with Crippen LogP contribution in [0.2, 0.25) is 0 Å². The molecule has 0 bridgehead atoms. The molecular formula is C15H19ClN2. The van der Waals surface area contributed by atoms with E-state index in [2.05, 4.69) is 35.0 Å². The Morgan fingerprint density at radius 2 is 2.06 bits per heavy atom. The normalized spacial score (nSPS) is 21.5. The van der Waals surface area contributed by atoms with Gasteiger partial charge in [0.15, 0.2) is 0 Å². The summed E-state index contributed by atoms with van der Waals surface area (Å²) in [6, 6.07) is 7.51. The summed E-state index contributed by atoms with van der Waals surface area (Å²) in [7, 11) is 0. The maximum absolute atomic E-state index is 3.51. The lowest BCUT2D eigenvalue weighted by Crippen LogP contribution is -2.17. The molecule has 1 aromatic heterocycles. The number of nitrogens with one attached hydrogen (secondary N) is 1. The van der Waals surface area contributed by atoms with Crippen molar-refractivity contribution < 1.29 is 0 Å². The lowest BCUT2D eigenvalue weighted by molar-refractivity contribution is 0.569. The molecule has 2 nitrogen and oxygen atoms in total. The molecule has 4 rings (SSSR count). The number of rotatable bonds is 0. The van der Waals surface area contributed by atoms with Crippen LogP contribution in [0, 0.1) is 0 Å². The zero-order valence-corrected chi connectivity index (χ0v) is 11.5. The highest BCUT2D eigenvalue weighted by Crippen LogP contribution is 2.39. The van der Waals surface area contributed by atoms with Gasteiger partial charge in [0.05, 0.1) is 5.52 Å². The Hall–Kier alpha value is -0.990. The van der Waals surface area contributed by atoms with Crippen molar-refractivity contribution in [2.24, 2.45) is 0 Å². The number of halogens is 1. The van der Waals surface area contributed by atoms with Gasteiger partial charge in [-0.2, -0.15) is 0 Å². The molecule has 1 N–H and O–H groups in total. The monoisotopic (exact) mass is 262 g/mol. The van der Waals surface area contributed by atoms with Gasteiger partial charge in [-0.15, -0.1) is 12.4 Å². The Kier molecular flexibility index (Phi) is 2.87. The number of fused-ring (bicyclic) bond motifs is 3. The Morgan fingerprint density at radius 1 is 1.22 bits per heavy atom. The molecule has 0 radical (unpaired) electrons. The van der Waals surface area contributed by atoms with Gasteiger partial charge in [0, 0.05) is 30.1 Å². The molecule has 96 valence electrons. The van der Waals surface area contributed by atoms with E-state index >= 15 is 0 Å². The number of hydrogen-bond acceptors (Lipinski definition) is 1. The van der Waals surface area contributed by atoms with Gasteiger partial charge >= 0.3 is 0 Å². The van der Waals surface area contributed by atoms with Crippen LogP contribution in [-0.4, -0.2) is 17.7 Å². The van der Waals surface area contributed by atoms with Crippen LogP contribution in [0.1, 0.15) is 29.8 Å². The largest absolute Gasteiger partial charge is 0.341 e. The molecule has 0 aliphatic carbocycles. The van der Waals surface area contributed by atoms with Gasteiger partial charge in [0.1, 0.15) is 0 Å². The van der Waals surface area contributed by atoms with Crippen LogP contribution in [0.5, 0.6) is 0 Å². The van der Waals surface area contributed by atoms with E-state index in [1.807, 2.05) is 0 Å². The second-order valence-corrected chi connectivity index (χ2v) is 5.41. The average Bonchev–Trinajstić information content (AvgIpc) is 2.71. The molecule has 1 unspecified atom stereocenters. The molecule has 0 spiro atoms. The molecule has 18 heavy (non-hydrogen) atoms. The zero-order chi connectivity index (χ0) is 11.4. The first kappa shape index (κ1) is 12.1. The first-order chi connectivity index (χ1) is 8.36. The predicted octanol–water partition coefficient (Wildman–Crippen LogP) is 2.87. The Balaban J connectivity index is 0.000001000. The number of benzene rings is 1. The third kappa shape index (κ3) is 1.45. The van der Waals surface area contributed by atoms with Gasteiger partial charge in [-0.1, -0.05) is 18.2 Å². The van der Waals surface area contributed by atoms with Crippen molar-refractivity contribution in [2.75, 3.05) is 13.1 Å². The summed E-state index contributed by atoms with van der Waals surface area (Å²) in [5, 5.41) is 5.03. The second-order valence-electron chi connectivity index (χ2n) is 5.41. The molecule has 0 saturated carbocycles. The molecule has 0 fully saturated rings. The average molecular weight is 263 g/mol. The third-order valence-corrected chi connectivity index (χ3v) is 4.37. The van der Waals surface area contributed by atoms with E-state index in [0.717, 1.165) is 13.1 Å². The Morgan fingerprint density at radius 3 is 2.94 bits per heavy atom.